The predicted molar refractivity (Wildman–Crippen MR) is 131 cm³/mol. The van der Waals surface area contributed by atoms with Gasteiger partial charge >= 0.3 is 0 Å². The van der Waals surface area contributed by atoms with Gasteiger partial charge in [-0.3, -0.25) is 9.69 Å². The van der Waals surface area contributed by atoms with Crippen LogP contribution in [0.1, 0.15) is 27.6 Å². The lowest BCUT2D eigenvalue weighted by atomic mass is 10.0. The molecular formula is C26H28N4OS. The Balaban J connectivity index is 1.27. The highest BCUT2D eigenvalue weighted by atomic mass is 32.1. The van der Waals surface area contributed by atoms with E-state index in [-0.39, 0.29) is 11.9 Å². The van der Waals surface area contributed by atoms with Crippen molar-refractivity contribution in [1.29, 1.82) is 0 Å². The van der Waals surface area contributed by atoms with E-state index >= 15 is 0 Å². The van der Waals surface area contributed by atoms with Gasteiger partial charge in [-0.2, -0.15) is 0 Å². The van der Waals surface area contributed by atoms with Gasteiger partial charge < -0.3 is 16.0 Å². The molecule has 4 N–H and O–H groups in total. The Bertz CT molecular complexity index is 1200. The average molecular weight is 445 g/mol. The number of aromatic nitrogens is 1. The Morgan fingerprint density at radius 2 is 1.94 bits per heavy atom. The number of carbonyl (C=O) groups is 1. The molecule has 2 atom stereocenters. The Morgan fingerprint density at radius 3 is 2.81 bits per heavy atom. The second-order valence-corrected chi connectivity index (χ2v) is 9.43. The summed E-state index contributed by atoms with van der Waals surface area (Å²) in [5.74, 6) is -0.107. The van der Waals surface area contributed by atoms with Gasteiger partial charge in [0.25, 0.3) is 0 Å². The fourth-order valence-electron chi connectivity index (χ4n) is 4.63. The minimum Gasteiger partial charge on any atom is -0.361 e. The fraction of sp³-hybridized carbons (Fsp3) is 0.269. The van der Waals surface area contributed by atoms with Crippen LogP contribution in [0.3, 0.4) is 0 Å². The number of thiophene rings is 1. The summed E-state index contributed by atoms with van der Waals surface area (Å²) in [6.45, 7) is 2.45. The lowest BCUT2D eigenvalue weighted by Crippen LogP contribution is -2.46. The number of hydrogen-bond donors (Lipinski definition) is 3. The molecule has 1 amide bonds. The zero-order valence-corrected chi connectivity index (χ0v) is 18.8. The van der Waals surface area contributed by atoms with Crippen LogP contribution in [0.2, 0.25) is 0 Å². The number of nitrogens with two attached hydrogens (primary N) is 1. The van der Waals surface area contributed by atoms with Crippen LogP contribution in [0.4, 0.5) is 0 Å². The number of rotatable bonds is 7. The molecule has 0 saturated heterocycles. The number of hydrogen-bond acceptors (Lipinski definition) is 4. The number of H-pyrrole nitrogens is 1. The van der Waals surface area contributed by atoms with Gasteiger partial charge in [0.2, 0.25) is 5.91 Å². The van der Waals surface area contributed by atoms with Crippen molar-refractivity contribution in [3.8, 4) is 0 Å². The van der Waals surface area contributed by atoms with Gasteiger partial charge in [-0.25, -0.2) is 0 Å². The molecule has 0 saturated carbocycles. The normalized spacial score (nSPS) is 15.9. The topological polar surface area (TPSA) is 74.1 Å². The van der Waals surface area contributed by atoms with Gasteiger partial charge in [-0.15, -0.1) is 11.3 Å². The number of nitrogens with zero attached hydrogens (tertiary/aromatic N) is 1. The lowest BCUT2D eigenvalue weighted by molar-refractivity contribution is -0.122. The molecule has 5 nitrogen and oxygen atoms in total. The highest BCUT2D eigenvalue weighted by Crippen LogP contribution is 2.30. The molecule has 164 valence electrons. The molecule has 32 heavy (non-hydrogen) atoms. The summed E-state index contributed by atoms with van der Waals surface area (Å²) in [5.41, 5.74) is 11.1. The summed E-state index contributed by atoms with van der Waals surface area (Å²) >= 11 is 1.84. The van der Waals surface area contributed by atoms with E-state index in [9.17, 15) is 4.79 Å². The zero-order chi connectivity index (χ0) is 21.9. The van der Waals surface area contributed by atoms with E-state index in [0.29, 0.717) is 13.0 Å². The minimum atomic E-state index is -0.588. The molecule has 3 heterocycles. The van der Waals surface area contributed by atoms with E-state index in [1.807, 2.05) is 41.8 Å². The molecule has 0 fully saturated rings. The van der Waals surface area contributed by atoms with Gasteiger partial charge in [0, 0.05) is 41.6 Å². The van der Waals surface area contributed by atoms with Crippen molar-refractivity contribution in [2.24, 2.45) is 5.73 Å². The summed E-state index contributed by atoms with van der Waals surface area (Å²) in [4.78, 5) is 20.1. The average Bonchev–Trinajstić information content (AvgIpc) is 3.46. The van der Waals surface area contributed by atoms with Crippen LogP contribution in [0.25, 0.3) is 10.9 Å². The molecule has 1 unspecified atom stereocenters. The van der Waals surface area contributed by atoms with Gasteiger partial charge in [-0.05, 0) is 47.0 Å². The monoisotopic (exact) mass is 444 g/mol. The SMILES string of the molecule is N[C@H](Cc1c[nH]c2ccccc12)C(=O)NCC(c1ccccc1)N1CCc2sccc2C1. The minimum absolute atomic E-state index is 0.107. The van der Waals surface area contributed by atoms with Crippen molar-refractivity contribution in [3.63, 3.8) is 0 Å². The Morgan fingerprint density at radius 1 is 1.12 bits per heavy atom. The summed E-state index contributed by atoms with van der Waals surface area (Å²) in [7, 11) is 0. The third-order valence-electron chi connectivity index (χ3n) is 6.38. The third kappa shape index (κ3) is 4.35. The molecule has 0 aliphatic carbocycles. The van der Waals surface area contributed by atoms with Gasteiger partial charge in [0.15, 0.2) is 0 Å². The van der Waals surface area contributed by atoms with Gasteiger partial charge in [0.05, 0.1) is 12.1 Å². The Labute approximate surface area is 192 Å². The van der Waals surface area contributed by atoms with Gasteiger partial charge in [-0.1, -0.05) is 48.5 Å². The number of para-hydroxylation sites is 1. The van der Waals surface area contributed by atoms with Crippen LogP contribution in [0, 0.1) is 0 Å². The van der Waals surface area contributed by atoms with Crippen LogP contribution in [-0.4, -0.2) is 34.9 Å². The van der Waals surface area contributed by atoms with E-state index in [1.165, 1.54) is 16.0 Å². The van der Waals surface area contributed by atoms with Crippen molar-refractivity contribution in [1.82, 2.24) is 15.2 Å². The number of fused-ring (bicyclic) bond motifs is 2. The molecule has 4 aromatic rings. The van der Waals surface area contributed by atoms with Crippen LogP contribution in [0.5, 0.6) is 0 Å². The first-order valence-corrected chi connectivity index (χ1v) is 12.0. The zero-order valence-electron chi connectivity index (χ0n) is 18.0. The molecule has 1 aliphatic heterocycles. The molecule has 0 bridgehead atoms. The first kappa shape index (κ1) is 20.9. The van der Waals surface area contributed by atoms with E-state index in [0.717, 1.165) is 36.0 Å². The second-order valence-electron chi connectivity index (χ2n) is 8.43. The Hall–Kier alpha value is -2.93. The summed E-state index contributed by atoms with van der Waals surface area (Å²) in [6, 6.07) is 20.3. The smallest absolute Gasteiger partial charge is 0.237 e. The second kappa shape index (κ2) is 9.28. The van der Waals surface area contributed by atoms with Crippen LogP contribution in [-0.2, 0) is 24.2 Å². The van der Waals surface area contributed by atoms with Crippen molar-refractivity contribution in [3.05, 3.63) is 93.8 Å². The number of benzene rings is 2. The molecule has 0 spiro atoms. The highest BCUT2D eigenvalue weighted by molar-refractivity contribution is 7.10. The van der Waals surface area contributed by atoms with E-state index in [2.05, 4.69) is 57.0 Å². The van der Waals surface area contributed by atoms with E-state index < -0.39 is 6.04 Å². The quantitative estimate of drug-likeness (QED) is 0.403. The molecule has 5 rings (SSSR count). The molecular weight excluding hydrogens is 416 g/mol. The molecule has 2 aromatic carbocycles. The highest BCUT2D eigenvalue weighted by Gasteiger charge is 2.26. The molecule has 2 aromatic heterocycles. The summed E-state index contributed by atoms with van der Waals surface area (Å²) in [6.07, 6.45) is 3.52. The van der Waals surface area contributed by atoms with Crippen molar-refractivity contribution in [2.75, 3.05) is 13.1 Å². The maximum absolute atomic E-state index is 12.9. The number of aromatic amines is 1. The summed E-state index contributed by atoms with van der Waals surface area (Å²) in [5, 5.41) is 6.44. The van der Waals surface area contributed by atoms with Crippen LogP contribution < -0.4 is 11.1 Å². The fourth-order valence-corrected chi connectivity index (χ4v) is 5.52. The first-order valence-electron chi connectivity index (χ1n) is 11.1. The van der Waals surface area contributed by atoms with Crippen molar-refractivity contribution >= 4 is 28.1 Å². The van der Waals surface area contributed by atoms with Crippen LogP contribution in [0.15, 0.2) is 72.2 Å². The molecule has 6 heteroatoms. The predicted octanol–water partition coefficient (Wildman–Crippen LogP) is 4.02. The maximum atomic E-state index is 12.9. The molecule has 1 aliphatic rings. The number of carbonyl (C=O) groups excluding carboxylic acids is 1. The van der Waals surface area contributed by atoms with Crippen molar-refractivity contribution in [2.45, 2.75) is 31.5 Å². The van der Waals surface area contributed by atoms with Gasteiger partial charge in [0.1, 0.15) is 0 Å². The Kier molecular flexibility index (Phi) is 6.08. The molecule has 0 radical (unpaired) electrons. The van der Waals surface area contributed by atoms with Crippen LogP contribution >= 0.6 is 11.3 Å². The number of nitrogens with one attached hydrogen (secondary N) is 2. The maximum Gasteiger partial charge on any atom is 0.237 e. The van der Waals surface area contributed by atoms with Crippen molar-refractivity contribution < 1.29 is 4.79 Å². The standard InChI is InChI=1S/C26H28N4OS/c27-22(14-20-15-28-23-9-5-4-8-21(20)23)26(31)29-16-24(18-6-2-1-3-7-18)30-12-10-25-19(17-30)11-13-32-25/h1-9,11,13,15,22,24,28H,10,12,14,16-17,27H2,(H,29,31)/t22-,24?/m1/s1. The lowest BCUT2D eigenvalue weighted by Gasteiger charge is -2.35. The van der Waals surface area contributed by atoms with E-state index in [4.69, 9.17) is 5.73 Å². The number of amides is 1. The third-order valence-corrected chi connectivity index (χ3v) is 7.41. The summed E-state index contributed by atoms with van der Waals surface area (Å²) < 4.78 is 0. The first-order chi connectivity index (χ1) is 15.7. The van der Waals surface area contributed by atoms with E-state index in [1.54, 1.807) is 0 Å². The largest absolute Gasteiger partial charge is 0.361 e.